The number of aryl methyl sites for hydroxylation is 1. The lowest BCUT2D eigenvalue weighted by Crippen LogP contribution is -2.44. The quantitative estimate of drug-likeness (QED) is 0.671. The van der Waals surface area contributed by atoms with E-state index in [1.54, 1.807) is 13.1 Å². The molecule has 1 aromatic carbocycles. The van der Waals surface area contributed by atoms with Gasteiger partial charge in [-0.2, -0.15) is 0 Å². The minimum atomic E-state index is -0.321. The monoisotopic (exact) mass is 278 g/mol. The highest BCUT2D eigenvalue weighted by atomic mass is 16.6. The molecule has 1 N–H and O–H groups in total. The van der Waals surface area contributed by atoms with Crippen LogP contribution in [0, 0.1) is 17.0 Å². The van der Waals surface area contributed by atoms with Gasteiger partial charge in [0, 0.05) is 45.8 Å². The van der Waals surface area contributed by atoms with Crippen molar-refractivity contribution in [3.63, 3.8) is 0 Å². The van der Waals surface area contributed by atoms with Crippen LogP contribution in [0.2, 0.25) is 0 Å². The molecule has 1 fully saturated rings. The molecule has 1 heterocycles. The van der Waals surface area contributed by atoms with Crippen molar-refractivity contribution >= 4 is 11.4 Å². The van der Waals surface area contributed by atoms with Crippen molar-refractivity contribution in [2.45, 2.75) is 13.5 Å². The number of hydrogen-bond acceptors (Lipinski definition) is 5. The van der Waals surface area contributed by atoms with E-state index in [9.17, 15) is 10.1 Å². The summed E-state index contributed by atoms with van der Waals surface area (Å²) < 4.78 is 0. The molecule has 0 saturated carbocycles. The Morgan fingerprint density at radius 2 is 1.95 bits per heavy atom. The molecule has 110 valence electrons. The Kier molecular flexibility index (Phi) is 4.57. The van der Waals surface area contributed by atoms with Crippen LogP contribution in [-0.2, 0) is 6.54 Å². The van der Waals surface area contributed by atoms with Gasteiger partial charge in [0.1, 0.15) is 5.69 Å². The number of nitro benzene ring substituents is 1. The maximum atomic E-state index is 11.1. The smallest absolute Gasteiger partial charge is 0.292 e. The molecule has 20 heavy (non-hydrogen) atoms. The van der Waals surface area contributed by atoms with Crippen LogP contribution < -0.4 is 5.32 Å². The van der Waals surface area contributed by atoms with Crippen molar-refractivity contribution < 1.29 is 4.92 Å². The average Bonchev–Trinajstić information content (AvgIpc) is 2.42. The second-order valence-electron chi connectivity index (χ2n) is 5.34. The first-order valence-corrected chi connectivity index (χ1v) is 6.88. The lowest BCUT2D eigenvalue weighted by Gasteiger charge is -2.33. The maximum Gasteiger partial charge on any atom is 0.292 e. The second-order valence-corrected chi connectivity index (χ2v) is 5.34. The molecule has 0 atom stereocenters. The molecular formula is C14H22N4O2. The normalized spacial score (nSPS) is 17.1. The highest BCUT2D eigenvalue weighted by Crippen LogP contribution is 2.31. The summed E-state index contributed by atoms with van der Waals surface area (Å²) in [6.07, 6.45) is 0. The Hall–Kier alpha value is -1.66. The Morgan fingerprint density at radius 1 is 1.30 bits per heavy atom. The fraction of sp³-hybridized carbons (Fsp3) is 0.571. The van der Waals surface area contributed by atoms with Crippen LogP contribution in [0.5, 0.6) is 0 Å². The van der Waals surface area contributed by atoms with Crippen molar-refractivity contribution in [1.29, 1.82) is 0 Å². The van der Waals surface area contributed by atoms with Crippen molar-refractivity contribution in [2.75, 3.05) is 45.6 Å². The van der Waals surface area contributed by atoms with E-state index < -0.39 is 0 Å². The van der Waals surface area contributed by atoms with Gasteiger partial charge in [0.2, 0.25) is 0 Å². The summed E-state index contributed by atoms with van der Waals surface area (Å²) in [7, 11) is 3.87. The third-order valence-electron chi connectivity index (χ3n) is 3.95. The number of nitro groups is 1. The highest BCUT2D eigenvalue weighted by Gasteiger charge is 2.21. The first kappa shape index (κ1) is 14.7. The van der Waals surface area contributed by atoms with Gasteiger partial charge >= 0.3 is 0 Å². The van der Waals surface area contributed by atoms with Gasteiger partial charge in [-0.1, -0.05) is 6.07 Å². The van der Waals surface area contributed by atoms with Gasteiger partial charge in [-0.3, -0.25) is 15.0 Å². The highest BCUT2D eigenvalue weighted by molar-refractivity contribution is 5.68. The summed E-state index contributed by atoms with van der Waals surface area (Å²) in [4.78, 5) is 15.5. The van der Waals surface area contributed by atoms with E-state index in [4.69, 9.17) is 0 Å². The van der Waals surface area contributed by atoms with Crippen LogP contribution in [0.3, 0.4) is 0 Å². The zero-order chi connectivity index (χ0) is 14.7. The van der Waals surface area contributed by atoms with Gasteiger partial charge in [-0.05, 0) is 25.1 Å². The zero-order valence-corrected chi connectivity index (χ0v) is 12.3. The third-order valence-corrected chi connectivity index (χ3v) is 3.95. The molecule has 6 nitrogen and oxygen atoms in total. The second kappa shape index (κ2) is 6.19. The fourth-order valence-corrected chi connectivity index (χ4v) is 2.60. The third kappa shape index (κ3) is 3.08. The molecular weight excluding hydrogens is 256 g/mol. The largest absolute Gasteiger partial charge is 0.382 e. The average molecular weight is 278 g/mol. The lowest BCUT2D eigenvalue weighted by atomic mass is 10.0. The topological polar surface area (TPSA) is 61.7 Å². The SMILES string of the molecule is CNc1c([N+](=O)[O-])ccc(C)c1CN1CCN(C)CC1. The van der Waals surface area contributed by atoms with E-state index >= 15 is 0 Å². The summed E-state index contributed by atoms with van der Waals surface area (Å²) in [5.74, 6) is 0. The first-order valence-electron chi connectivity index (χ1n) is 6.88. The fourth-order valence-electron chi connectivity index (χ4n) is 2.60. The van der Waals surface area contributed by atoms with Gasteiger partial charge in [-0.25, -0.2) is 0 Å². The van der Waals surface area contributed by atoms with E-state index in [-0.39, 0.29) is 10.6 Å². The molecule has 1 aliphatic heterocycles. The molecule has 0 unspecified atom stereocenters. The summed E-state index contributed by atoms with van der Waals surface area (Å²) in [5, 5.41) is 14.1. The van der Waals surface area contributed by atoms with E-state index in [2.05, 4.69) is 22.2 Å². The molecule has 0 aromatic heterocycles. The predicted octanol–water partition coefficient (Wildman–Crippen LogP) is 1.69. The summed E-state index contributed by atoms with van der Waals surface area (Å²) in [6.45, 7) is 6.86. The van der Waals surface area contributed by atoms with Crippen molar-refractivity contribution in [2.24, 2.45) is 0 Å². The maximum absolute atomic E-state index is 11.1. The summed E-state index contributed by atoms with van der Waals surface area (Å²) in [6, 6.07) is 3.42. The number of nitrogens with zero attached hydrogens (tertiary/aromatic N) is 3. The molecule has 2 rings (SSSR count). The van der Waals surface area contributed by atoms with Crippen molar-refractivity contribution in [3.8, 4) is 0 Å². The van der Waals surface area contributed by atoms with Crippen LogP contribution in [0.25, 0.3) is 0 Å². The number of likely N-dealkylation sites (N-methyl/N-ethyl adjacent to an activating group) is 1. The predicted molar refractivity (Wildman–Crippen MR) is 80.2 cm³/mol. The zero-order valence-electron chi connectivity index (χ0n) is 12.3. The molecule has 1 aromatic rings. The summed E-state index contributed by atoms with van der Waals surface area (Å²) >= 11 is 0. The number of rotatable bonds is 4. The van der Waals surface area contributed by atoms with E-state index in [1.165, 1.54) is 0 Å². The minimum absolute atomic E-state index is 0.155. The molecule has 0 radical (unpaired) electrons. The van der Waals surface area contributed by atoms with E-state index in [0.717, 1.165) is 43.9 Å². The molecule has 0 aliphatic carbocycles. The lowest BCUT2D eigenvalue weighted by molar-refractivity contribution is -0.384. The van der Waals surface area contributed by atoms with Crippen LogP contribution in [0.4, 0.5) is 11.4 Å². The van der Waals surface area contributed by atoms with Gasteiger partial charge in [0.05, 0.1) is 4.92 Å². The Bertz CT molecular complexity index is 496. The van der Waals surface area contributed by atoms with Crippen molar-refractivity contribution in [1.82, 2.24) is 9.80 Å². The molecule has 1 aliphatic rings. The first-order chi connectivity index (χ1) is 9.52. The molecule has 0 bridgehead atoms. The van der Waals surface area contributed by atoms with Crippen LogP contribution in [0.1, 0.15) is 11.1 Å². The van der Waals surface area contributed by atoms with Crippen molar-refractivity contribution in [3.05, 3.63) is 33.4 Å². The molecule has 0 spiro atoms. The van der Waals surface area contributed by atoms with E-state index in [1.807, 2.05) is 13.0 Å². The Balaban J connectivity index is 2.26. The standard InChI is InChI=1S/C14H22N4O2/c1-11-4-5-13(18(19)20)14(15-2)12(11)10-17-8-6-16(3)7-9-17/h4-5,15H,6-10H2,1-3H3. The van der Waals surface area contributed by atoms with Gasteiger partial charge in [-0.15, -0.1) is 0 Å². The number of nitrogens with one attached hydrogen (secondary N) is 1. The molecule has 6 heteroatoms. The Morgan fingerprint density at radius 3 is 2.50 bits per heavy atom. The molecule has 1 saturated heterocycles. The number of hydrogen-bond donors (Lipinski definition) is 1. The summed E-state index contributed by atoms with van der Waals surface area (Å²) in [5.41, 5.74) is 2.93. The number of piperazine rings is 1. The Labute approximate surface area is 119 Å². The van der Waals surface area contributed by atoms with Crippen LogP contribution >= 0.6 is 0 Å². The van der Waals surface area contributed by atoms with Crippen LogP contribution in [-0.4, -0.2) is 55.0 Å². The van der Waals surface area contributed by atoms with Crippen LogP contribution in [0.15, 0.2) is 12.1 Å². The minimum Gasteiger partial charge on any atom is -0.382 e. The van der Waals surface area contributed by atoms with Gasteiger partial charge in [0.25, 0.3) is 5.69 Å². The van der Waals surface area contributed by atoms with Gasteiger partial charge < -0.3 is 10.2 Å². The number of benzene rings is 1. The van der Waals surface area contributed by atoms with Gasteiger partial charge in [0.15, 0.2) is 0 Å². The number of anilines is 1. The molecule has 0 amide bonds. The van der Waals surface area contributed by atoms with E-state index in [0.29, 0.717) is 5.69 Å².